The number of rotatable bonds is 5. The van der Waals surface area contributed by atoms with Gasteiger partial charge in [0.2, 0.25) is 0 Å². The van der Waals surface area contributed by atoms with Gasteiger partial charge in [-0.15, -0.1) is 0 Å². The van der Waals surface area contributed by atoms with E-state index in [0.29, 0.717) is 12.2 Å². The molecule has 104 valence electrons. The van der Waals surface area contributed by atoms with Gasteiger partial charge in [-0.25, -0.2) is 4.39 Å². The molecule has 0 atom stereocenters. The van der Waals surface area contributed by atoms with Gasteiger partial charge in [0.1, 0.15) is 11.6 Å². The Bertz CT molecular complexity index is 583. The molecule has 20 heavy (non-hydrogen) atoms. The third-order valence-corrected chi connectivity index (χ3v) is 3.15. The van der Waals surface area contributed by atoms with Gasteiger partial charge in [0.15, 0.2) is 5.78 Å². The number of halogens is 1. The predicted molar refractivity (Wildman–Crippen MR) is 76.8 cm³/mol. The second-order valence-electron chi connectivity index (χ2n) is 4.75. The number of hydrogen-bond acceptors (Lipinski definition) is 2. The van der Waals surface area contributed by atoms with Crippen LogP contribution in [0.25, 0.3) is 0 Å². The lowest BCUT2D eigenvalue weighted by atomic mass is 10.1. The molecule has 0 fully saturated rings. The number of benzene rings is 2. The van der Waals surface area contributed by atoms with E-state index in [0.717, 1.165) is 16.9 Å². The van der Waals surface area contributed by atoms with Gasteiger partial charge in [0.25, 0.3) is 0 Å². The van der Waals surface area contributed by atoms with E-state index in [1.807, 2.05) is 32.0 Å². The zero-order chi connectivity index (χ0) is 14.5. The van der Waals surface area contributed by atoms with E-state index in [9.17, 15) is 9.18 Å². The molecule has 0 aliphatic rings. The molecule has 0 radical (unpaired) electrons. The Labute approximate surface area is 118 Å². The number of aryl methyl sites for hydroxylation is 2. The van der Waals surface area contributed by atoms with Crippen LogP contribution in [-0.4, -0.2) is 12.4 Å². The van der Waals surface area contributed by atoms with Crippen LogP contribution in [0, 0.1) is 19.7 Å². The van der Waals surface area contributed by atoms with Crippen LogP contribution in [0.4, 0.5) is 4.39 Å². The maximum absolute atomic E-state index is 12.8. The number of hydrogen-bond donors (Lipinski definition) is 0. The van der Waals surface area contributed by atoms with Crippen LogP contribution in [0.5, 0.6) is 5.75 Å². The van der Waals surface area contributed by atoms with Crippen molar-refractivity contribution >= 4 is 5.78 Å². The van der Waals surface area contributed by atoms with Gasteiger partial charge in [-0.05, 0) is 49.2 Å². The lowest BCUT2D eigenvalue weighted by Crippen LogP contribution is -2.08. The van der Waals surface area contributed by atoms with Crippen LogP contribution in [0.15, 0.2) is 42.5 Å². The number of ketones is 1. The van der Waals surface area contributed by atoms with Crippen molar-refractivity contribution in [1.29, 1.82) is 0 Å². The van der Waals surface area contributed by atoms with Crippen molar-refractivity contribution in [1.82, 2.24) is 0 Å². The minimum Gasteiger partial charge on any atom is -0.493 e. The zero-order valence-corrected chi connectivity index (χ0v) is 11.7. The predicted octanol–water partition coefficient (Wildman–Crippen LogP) is 4.09. The highest BCUT2D eigenvalue weighted by Crippen LogP contribution is 2.22. The fourth-order valence-electron chi connectivity index (χ4n) is 2.05. The first-order valence-corrected chi connectivity index (χ1v) is 6.55. The average molecular weight is 272 g/mol. The first-order valence-electron chi connectivity index (χ1n) is 6.55. The van der Waals surface area contributed by atoms with E-state index < -0.39 is 0 Å². The summed E-state index contributed by atoms with van der Waals surface area (Å²) in [6.07, 6.45) is 0.277. The van der Waals surface area contributed by atoms with Gasteiger partial charge in [-0.1, -0.05) is 18.2 Å². The number of para-hydroxylation sites is 1. The van der Waals surface area contributed by atoms with Crippen molar-refractivity contribution in [2.24, 2.45) is 0 Å². The molecule has 0 aliphatic heterocycles. The van der Waals surface area contributed by atoms with Crippen LogP contribution in [0.2, 0.25) is 0 Å². The summed E-state index contributed by atoms with van der Waals surface area (Å²) in [5, 5.41) is 0. The van der Waals surface area contributed by atoms with Crippen molar-refractivity contribution in [2.45, 2.75) is 20.3 Å². The Kier molecular flexibility index (Phi) is 4.51. The van der Waals surface area contributed by atoms with Crippen molar-refractivity contribution in [3.05, 3.63) is 65.0 Å². The average Bonchev–Trinajstić information content (AvgIpc) is 2.42. The molecule has 2 aromatic rings. The summed E-state index contributed by atoms with van der Waals surface area (Å²) >= 11 is 0. The summed E-state index contributed by atoms with van der Waals surface area (Å²) in [6.45, 7) is 4.27. The highest BCUT2D eigenvalue weighted by atomic mass is 19.1. The second-order valence-corrected chi connectivity index (χ2v) is 4.75. The molecule has 2 aromatic carbocycles. The molecule has 0 bridgehead atoms. The summed E-state index contributed by atoms with van der Waals surface area (Å²) in [4.78, 5) is 11.9. The van der Waals surface area contributed by atoms with Gasteiger partial charge < -0.3 is 4.74 Å². The van der Waals surface area contributed by atoms with Crippen molar-refractivity contribution in [2.75, 3.05) is 6.61 Å². The third kappa shape index (κ3) is 3.44. The highest BCUT2D eigenvalue weighted by molar-refractivity contribution is 5.96. The molecule has 3 heteroatoms. The molecular weight excluding hydrogens is 255 g/mol. The Morgan fingerprint density at radius 2 is 1.65 bits per heavy atom. The molecule has 0 spiro atoms. The molecular formula is C17H17FO2. The fraction of sp³-hybridized carbons (Fsp3) is 0.235. The second kappa shape index (κ2) is 6.33. The van der Waals surface area contributed by atoms with Gasteiger partial charge >= 0.3 is 0 Å². The number of carbonyl (C=O) groups is 1. The molecule has 0 amide bonds. The summed E-state index contributed by atoms with van der Waals surface area (Å²) in [5.74, 6) is 0.448. The van der Waals surface area contributed by atoms with E-state index in [2.05, 4.69) is 0 Å². The molecule has 0 N–H and O–H groups in total. The summed E-state index contributed by atoms with van der Waals surface area (Å²) in [5.41, 5.74) is 2.62. The first kappa shape index (κ1) is 14.3. The van der Waals surface area contributed by atoms with E-state index >= 15 is 0 Å². The summed E-state index contributed by atoms with van der Waals surface area (Å²) < 4.78 is 18.5. The molecule has 2 nitrogen and oxygen atoms in total. The van der Waals surface area contributed by atoms with Crippen LogP contribution in [-0.2, 0) is 0 Å². The van der Waals surface area contributed by atoms with Crippen LogP contribution < -0.4 is 4.74 Å². The van der Waals surface area contributed by atoms with Crippen molar-refractivity contribution in [3.63, 3.8) is 0 Å². The maximum atomic E-state index is 12.8. The quantitative estimate of drug-likeness (QED) is 0.766. The first-order chi connectivity index (χ1) is 9.58. The Balaban J connectivity index is 1.93. The Hall–Kier alpha value is -2.16. The Morgan fingerprint density at radius 3 is 2.25 bits per heavy atom. The molecule has 0 saturated heterocycles. The van der Waals surface area contributed by atoms with Crippen molar-refractivity contribution < 1.29 is 13.9 Å². The lowest BCUT2D eigenvalue weighted by Gasteiger charge is -2.11. The largest absolute Gasteiger partial charge is 0.493 e. The molecule has 0 heterocycles. The van der Waals surface area contributed by atoms with Crippen LogP contribution in [0.1, 0.15) is 27.9 Å². The third-order valence-electron chi connectivity index (χ3n) is 3.15. The monoisotopic (exact) mass is 272 g/mol. The van der Waals surface area contributed by atoms with Gasteiger partial charge in [-0.2, -0.15) is 0 Å². The van der Waals surface area contributed by atoms with E-state index in [4.69, 9.17) is 4.74 Å². The van der Waals surface area contributed by atoms with Crippen LogP contribution >= 0.6 is 0 Å². The molecule has 0 aliphatic carbocycles. The van der Waals surface area contributed by atoms with Gasteiger partial charge in [-0.3, -0.25) is 4.79 Å². The smallest absolute Gasteiger partial charge is 0.166 e. The fourth-order valence-corrected chi connectivity index (χ4v) is 2.05. The lowest BCUT2D eigenvalue weighted by molar-refractivity contribution is 0.0961. The summed E-state index contributed by atoms with van der Waals surface area (Å²) in [6, 6.07) is 11.5. The number of Topliss-reactive ketones (excluding diaryl/α,β-unsaturated/α-hetero) is 1. The van der Waals surface area contributed by atoms with E-state index in [-0.39, 0.29) is 18.0 Å². The van der Waals surface area contributed by atoms with Crippen molar-refractivity contribution in [3.8, 4) is 5.75 Å². The number of carbonyl (C=O) groups excluding carboxylic acids is 1. The molecule has 2 rings (SSSR count). The minimum atomic E-state index is -0.340. The molecule has 0 unspecified atom stereocenters. The molecule has 0 saturated carbocycles. The minimum absolute atomic E-state index is 0.0452. The normalized spacial score (nSPS) is 10.3. The zero-order valence-electron chi connectivity index (χ0n) is 11.7. The topological polar surface area (TPSA) is 26.3 Å². The van der Waals surface area contributed by atoms with E-state index in [1.165, 1.54) is 24.3 Å². The van der Waals surface area contributed by atoms with Gasteiger partial charge in [0, 0.05) is 12.0 Å². The van der Waals surface area contributed by atoms with Gasteiger partial charge in [0.05, 0.1) is 6.61 Å². The van der Waals surface area contributed by atoms with E-state index in [1.54, 1.807) is 0 Å². The summed E-state index contributed by atoms with van der Waals surface area (Å²) in [7, 11) is 0. The number of ether oxygens (including phenoxy) is 1. The highest BCUT2D eigenvalue weighted by Gasteiger charge is 2.08. The standard InChI is InChI=1S/C17H17FO2/c1-12-4-3-5-13(2)17(12)20-11-10-16(19)14-6-8-15(18)9-7-14/h3-9H,10-11H2,1-2H3. The SMILES string of the molecule is Cc1cccc(C)c1OCCC(=O)c1ccc(F)cc1. The Morgan fingerprint density at radius 1 is 1.05 bits per heavy atom. The maximum Gasteiger partial charge on any atom is 0.166 e. The van der Waals surface area contributed by atoms with Crippen LogP contribution in [0.3, 0.4) is 0 Å². The molecule has 0 aromatic heterocycles.